The van der Waals surface area contributed by atoms with E-state index in [2.05, 4.69) is 26.1 Å². The van der Waals surface area contributed by atoms with Gasteiger partial charge in [0.25, 0.3) is 0 Å². The van der Waals surface area contributed by atoms with E-state index in [1.807, 2.05) is 0 Å². The standard InChI is InChI=1S/C5H13N.ClH/c1-4-6-5(2)3;/h5-6H,4H2,1-3H3;1H. The minimum atomic E-state index is 0. The van der Waals surface area contributed by atoms with Gasteiger partial charge in [-0.3, -0.25) is 0 Å². The first kappa shape index (κ1) is 10.3. The maximum atomic E-state index is 3.21. The molecule has 0 atom stereocenters. The van der Waals surface area contributed by atoms with Crippen molar-refractivity contribution in [2.24, 2.45) is 0 Å². The topological polar surface area (TPSA) is 12.0 Å². The zero-order valence-electron chi connectivity index (χ0n) is 5.19. The summed E-state index contributed by atoms with van der Waals surface area (Å²) < 4.78 is 0. The SMILES string of the molecule is CCNC(C)C.Cl. The van der Waals surface area contributed by atoms with Gasteiger partial charge in [0.05, 0.1) is 0 Å². The van der Waals surface area contributed by atoms with Gasteiger partial charge in [-0.25, -0.2) is 0 Å². The summed E-state index contributed by atoms with van der Waals surface area (Å²) in [4.78, 5) is 0. The van der Waals surface area contributed by atoms with E-state index in [4.69, 9.17) is 0 Å². The Morgan fingerprint density at radius 1 is 1.43 bits per heavy atom. The number of hydrogen-bond donors (Lipinski definition) is 1. The molecule has 46 valence electrons. The molecule has 0 aromatic carbocycles. The van der Waals surface area contributed by atoms with Gasteiger partial charge in [0.1, 0.15) is 0 Å². The van der Waals surface area contributed by atoms with Crippen molar-refractivity contribution in [3.8, 4) is 0 Å². The van der Waals surface area contributed by atoms with Gasteiger partial charge in [0, 0.05) is 6.04 Å². The molecule has 0 aliphatic carbocycles. The summed E-state index contributed by atoms with van der Waals surface area (Å²) in [5.74, 6) is 0. The van der Waals surface area contributed by atoms with Crippen molar-refractivity contribution in [1.29, 1.82) is 0 Å². The quantitative estimate of drug-likeness (QED) is 0.586. The summed E-state index contributed by atoms with van der Waals surface area (Å²) >= 11 is 0. The van der Waals surface area contributed by atoms with Crippen molar-refractivity contribution in [3.63, 3.8) is 0 Å². The molecule has 0 unspecified atom stereocenters. The van der Waals surface area contributed by atoms with Crippen molar-refractivity contribution in [2.45, 2.75) is 26.8 Å². The van der Waals surface area contributed by atoms with Gasteiger partial charge in [-0.15, -0.1) is 12.4 Å². The highest BCUT2D eigenvalue weighted by atomic mass is 35.5. The zero-order chi connectivity index (χ0) is 4.99. The lowest BCUT2D eigenvalue weighted by molar-refractivity contribution is 0.613. The van der Waals surface area contributed by atoms with Gasteiger partial charge >= 0.3 is 0 Å². The van der Waals surface area contributed by atoms with Crippen LogP contribution >= 0.6 is 12.4 Å². The molecular formula is C5H14ClN. The van der Waals surface area contributed by atoms with Gasteiger partial charge in [-0.2, -0.15) is 0 Å². The Labute approximate surface area is 51.9 Å². The maximum absolute atomic E-state index is 3.21. The summed E-state index contributed by atoms with van der Waals surface area (Å²) in [5, 5.41) is 3.21. The number of nitrogens with one attached hydrogen (secondary N) is 1. The van der Waals surface area contributed by atoms with Crippen LogP contribution in [0.1, 0.15) is 20.8 Å². The van der Waals surface area contributed by atoms with Crippen molar-refractivity contribution in [3.05, 3.63) is 0 Å². The molecule has 0 spiro atoms. The Kier molecular flexibility index (Phi) is 9.17. The molecule has 0 bridgehead atoms. The molecule has 2 heteroatoms. The van der Waals surface area contributed by atoms with Crippen LogP contribution in [0.2, 0.25) is 0 Å². The van der Waals surface area contributed by atoms with Gasteiger partial charge < -0.3 is 5.32 Å². The minimum Gasteiger partial charge on any atom is -0.315 e. The van der Waals surface area contributed by atoms with Crippen LogP contribution in [0.4, 0.5) is 0 Å². The lowest BCUT2D eigenvalue weighted by Gasteiger charge is -2.00. The van der Waals surface area contributed by atoms with E-state index in [0.29, 0.717) is 6.04 Å². The molecule has 7 heavy (non-hydrogen) atoms. The minimum absolute atomic E-state index is 0. The van der Waals surface area contributed by atoms with E-state index in [9.17, 15) is 0 Å². The first-order valence-electron chi connectivity index (χ1n) is 2.50. The van der Waals surface area contributed by atoms with Gasteiger partial charge in [0.2, 0.25) is 0 Å². The second-order valence-corrected chi connectivity index (χ2v) is 1.71. The summed E-state index contributed by atoms with van der Waals surface area (Å²) in [6, 6.07) is 0.648. The van der Waals surface area contributed by atoms with Crippen molar-refractivity contribution in [2.75, 3.05) is 6.54 Å². The predicted molar refractivity (Wildman–Crippen MR) is 36.1 cm³/mol. The first-order chi connectivity index (χ1) is 2.77. The lowest BCUT2D eigenvalue weighted by Crippen LogP contribution is -2.21. The molecule has 0 amide bonds. The molecule has 0 aromatic rings. The molecule has 0 aromatic heterocycles. The van der Waals surface area contributed by atoms with Crippen LogP contribution < -0.4 is 5.32 Å². The third-order valence-corrected chi connectivity index (χ3v) is 0.612. The monoisotopic (exact) mass is 123 g/mol. The van der Waals surface area contributed by atoms with E-state index in [0.717, 1.165) is 6.54 Å². The summed E-state index contributed by atoms with van der Waals surface area (Å²) in [6.07, 6.45) is 0. The summed E-state index contributed by atoms with van der Waals surface area (Å²) in [6.45, 7) is 7.48. The molecule has 0 saturated carbocycles. The normalized spacial score (nSPS) is 8.57. The first-order valence-corrected chi connectivity index (χ1v) is 2.50. The van der Waals surface area contributed by atoms with Crippen molar-refractivity contribution < 1.29 is 0 Å². The van der Waals surface area contributed by atoms with E-state index in [1.165, 1.54) is 0 Å². The fourth-order valence-corrected chi connectivity index (χ4v) is 0.408. The fourth-order valence-electron chi connectivity index (χ4n) is 0.408. The molecule has 1 nitrogen and oxygen atoms in total. The molecule has 0 rings (SSSR count). The maximum Gasteiger partial charge on any atom is 0.00102 e. The largest absolute Gasteiger partial charge is 0.315 e. The predicted octanol–water partition coefficient (Wildman–Crippen LogP) is 1.43. The Hall–Kier alpha value is 0.250. The van der Waals surface area contributed by atoms with Crippen molar-refractivity contribution >= 4 is 12.4 Å². The Morgan fingerprint density at radius 3 is 1.86 bits per heavy atom. The third kappa shape index (κ3) is 10.7. The van der Waals surface area contributed by atoms with E-state index >= 15 is 0 Å². The Balaban J connectivity index is 0. The third-order valence-electron chi connectivity index (χ3n) is 0.612. The van der Waals surface area contributed by atoms with Gasteiger partial charge in [-0.05, 0) is 6.54 Å². The van der Waals surface area contributed by atoms with Crippen molar-refractivity contribution in [1.82, 2.24) is 5.32 Å². The van der Waals surface area contributed by atoms with Crippen LogP contribution in [0, 0.1) is 0 Å². The molecule has 0 radical (unpaired) electrons. The van der Waals surface area contributed by atoms with Crippen LogP contribution in [0.3, 0.4) is 0 Å². The van der Waals surface area contributed by atoms with Crippen LogP contribution in [-0.4, -0.2) is 12.6 Å². The molecule has 0 aliphatic rings. The Morgan fingerprint density at radius 2 is 1.86 bits per heavy atom. The average molecular weight is 124 g/mol. The molecule has 0 aliphatic heterocycles. The fraction of sp³-hybridized carbons (Fsp3) is 1.00. The van der Waals surface area contributed by atoms with Crippen LogP contribution in [0.5, 0.6) is 0 Å². The highest BCUT2D eigenvalue weighted by molar-refractivity contribution is 5.85. The van der Waals surface area contributed by atoms with Crippen LogP contribution in [0.15, 0.2) is 0 Å². The van der Waals surface area contributed by atoms with Crippen LogP contribution in [-0.2, 0) is 0 Å². The number of rotatable bonds is 2. The second kappa shape index (κ2) is 6.25. The van der Waals surface area contributed by atoms with Gasteiger partial charge in [-0.1, -0.05) is 20.8 Å². The zero-order valence-corrected chi connectivity index (χ0v) is 6.01. The molecule has 0 fully saturated rings. The van der Waals surface area contributed by atoms with E-state index in [1.54, 1.807) is 0 Å². The number of halogens is 1. The van der Waals surface area contributed by atoms with E-state index in [-0.39, 0.29) is 12.4 Å². The summed E-state index contributed by atoms with van der Waals surface area (Å²) in [7, 11) is 0. The van der Waals surface area contributed by atoms with E-state index < -0.39 is 0 Å². The lowest BCUT2D eigenvalue weighted by atomic mass is 10.4. The Bertz CT molecular complexity index is 29.3. The average Bonchev–Trinajstić information content (AvgIpc) is 1.35. The highest BCUT2D eigenvalue weighted by Gasteiger charge is 1.82. The molecular weight excluding hydrogens is 110 g/mol. The number of hydrogen-bond acceptors (Lipinski definition) is 1. The molecule has 0 saturated heterocycles. The molecule has 1 N–H and O–H groups in total. The van der Waals surface area contributed by atoms with Gasteiger partial charge in [0.15, 0.2) is 0 Å². The smallest absolute Gasteiger partial charge is 0.00102 e. The second-order valence-electron chi connectivity index (χ2n) is 1.71. The highest BCUT2D eigenvalue weighted by Crippen LogP contribution is 1.70. The summed E-state index contributed by atoms with van der Waals surface area (Å²) in [5.41, 5.74) is 0. The molecule has 0 heterocycles. The van der Waals surface area contributed by atoms with Crippen LogP contribution in [0.25, 0.3) is 0 Å².